The lowest BCUT2D eigenvalue weighted by Crippen LogP contribution is -2.30. The van der Waals surface area contributed by atoms with E-state index in [-0.39, 0.29) is 37.3 Å². The average molecular weight is 479 g/mol. The lowest BCUT2D eigenvalue weighted by molar-refractivity contribution is -0.140. The van der Waals surface area contributed by atoms with Crippen molar-refractivity contribution in [2.24, 2.45) is 0 Å². The van der Waals surface area contributed by atoms with Gasteiger partial charge in [-0.1, -0.05) is 43.0 Å². The number of benzene rings is 3. The first-order valence-corrected chi connectivity index (χ1v) is 12.1. The predicted molar refractivity (Wildman–Crippen MR) is 132 cm³/mol. The summed E-state index contributed by atoms with van der Waals surface area (Å²) < 4.78 is 15.6. The Bertz CT molecular complexity index is 1030. The highest BCUT2D eigenvalue weighted by atomic mass is 32.2. The lowest BCUT2D eigenvalue weighted by Gasteiger charge is -2.10. The first kappa shape index (κ1) is 25.1. The molecule has 0 atom stereocenters. The molecule has 0 saturated carbocycles. The fourth-order valence-corrected chi connectivity index (χ4v) is 5.04. The van der Waals surface area contributed by atoms with Crippen LogP contribution in [0.1, 0.15) is 6.92 Å². The molecule has 0 aromatic heterocycles. The van der Waals surface area contributed by atoms with E-state index in [1.165, 1.54) is 9.79 Å². The van der Waals surface area contributed by atoms with Gasteiger partial charge in [-0.05, 0) is 55.5 Å². The van der Waals surface area contributed by atoms with Crippen LogP contribution in [0.4, 0.5) is 4.79 Å². The Hall–Kier alpha value is -3.55. The zero-order valence-corrected chi connectivity index (χ0v) is 19.9. The Morgan fingerprint density at radius 2 is 1.35 bits per heavy atom. The molecule has 1 amide bonds. The van der Waals surface area contributed by atoms with Crippen molar-refractivity contribution in [3.05, 3.63) is 97.1 Å². The fraction of sp³-hybridized carbons (Fsp3) is 0.185. The summed E-state index contributed by atoms with van der Waals surface area (Å²) in [5.74, 6) is 0.00858. The van der Waals surface area contributed by atoms with Gasteiger partial charge in [0.15, 0.2) is 14.7 Å². The first-order chi connectivity index (χ1) is 16.5. The summed E-state index contributed by atoms with van der Waals surface area (Å²) in [6.07, 6.45) is -0.560. The van der Waals surface area contributed by atoms with Crippen LogP contribution in [0.15, 0.2) is 112 Å². The van der Waals surface area contributed by atoms with E-state index in [1.807, 2.05) is 48.5 Å². The topological polar surface area (TPSA) is 73.9 Å². The molecule has 3 aromatic carbocycles. The molecule has 0 saturated heterocycles. The molecule has 0 unspecified atom stereocenters. The number of ether oxygens (including phenoxy) is 3. The maximum atomic E-state index is 12.1. The van der Waals surface area contributed by atoms with E-state index in [2.05, 4.69) is 36.2 Å². The van der Waals surface area contributed by atoms with Gasteiger partial charge in [0.1, 0.15) is 12.4 Å². The van der Waals surface area contributed by atoms with Crippen molar-refractivity contribution in [2.75, 3.05) is 26.4 Å². The molecule has 7 heteroatoms. The van der Waals surface area contributed by atoms with Crippen molar-refractivity contribution in [3.8, 4) is 5.75 Å². The van der Waals surface area contributed by atoms with Crippen molar-refractivity contribution in [1.82, 2.24) is 5.32 Å². The van der Waals surface area contributed by atoms with Gasteiger partial charge >= 0.3 is 12.1 Å². The van der Waals surface area contributed by atoms with E-state index in [0.717, 1.165) is 4.90 Å². The molecule has 0 aliphatic carbocycles. The number of carbonyl (C=O) groups is 2. The minimum atomic E-state index is -0.560. The highest BCUT2D eigenvalue weighted by molar-refractivity contribution is 7.97. The summed E-state index contributed by atoms with van der Waals surface area (Å²) >= 11 is 0. The van der Waals surface area contributed by atoms with Crippen LogP contribution in [0, 0.1) is 0 Å². The highest BCUT2D eigenvalue weighted by Crippen LogP contribution is 2.31. The van der Waals surface area contributed by atoms with Gasteiger partial charge in [-0.15, -0.1) is 0 Å². The monoisotopic (exact) mass is 478 g/mol. The molecule has 0 aliphatic heterocycles. The van der Waals surface area contributed by atoms with E-state index < -0.39 is 12.1 Å². The molecule has 176 valence electrons. The Morgan fingerprint density at radius 1 is 0.794 bits per heavy atom. The fourth-order valence-electron chi connectivity index (χ4n) is 2.95. The van der Waals surface area contributed by atoms with Crippen LogP contribution >= 0.6 is 0 Å². The Kier molecular flexibility index (Phi) is 9.76. The normalized spacial score (nSPS) is 10.5. The summed E-state index contributed by atoms with van der Waals surface area (Å²) in [6.45, 7) is 6.00. The van der Waals surface area contributed by atoms with Gasteiger partial charge in [0.2, 0.25) is 0 Å². The summed E-state index contributed by atoms with van der Waals surface area (Å²) in [6, 6.07) is 28.3. The van der Waals surface area contributed by atoms with E-state index >= 15 is 0 Å². The molecule has 3 rings (SSSR count). The van der Waals surface area contributed by atoms with Gasteiger partial charge in [0, 0.05) is 12.1 Å². The predicted octanol–water partition coefficient (Wildman–Crippen LogP) is 5.01. The summed E-state index contributed by atoms with van der Waals surface area (Å²) in [5, 5.41) is 2.63. The lowest BCUT2D eigenvalue weighted by atomic mass is 10.3. The van der Waals surface area contributed by atoms with Crippen molar-refractivity contribution < 1.29 is 23.8 Å². The molecule has 0 spiro atoms. The maximum Gasteiger partial charge on any atom is 0.412 e. The minimum Gasteiger partial charge on any atom is -0.460 e. The number of nitrogens with one attached hydrogen (secondary N) is 1. The van der Waals surface area contributed by atoms with Gasteiger partial charge in [-0.2, -0.15) is 0 Å². The van der Waals surface area contributed by atoms with Gasteiger partial charge < -0.3 is 19.5 Å². The van der Waals surface area contributed by atoms with Crippen molar-refractivity contribution >= 4 is 23.0 Å². The second-order valence-electron chi connectivity index (χ2n) is 7.25. The van der Waals surface area contributed by atoms with Gasteiger partial charge in [-0.3, -0.25) is 0 Å². The number of hydrogen-bond donors (Lipinski definition) is 1. The summed E-state index contributed by atoms with van der Waals surface area (Å²) in [4.78, 5) is 26.9. The molecular weight excluding hydrogens is 450 g/mol. The molecule has 6 nitrogen and oxygen atoms in total. The largest absolute Gasteiger partial charge is 0.460 e. The van der Waals surface area contributed by atoms with Crippen LogP contribution in [-0.4, -0.2) is 38.4 Å². The van der Waals surface area contributed by atoms with E-state index in [4.69, 9.17) is 14.2 Å². The van der Waals surface area contributed by atoms with E-state index in [9.17, 15) is 9.59 Å². The molecule has 0 aliphatic rings. The second-order valence-corrected chi connectivity index (χ2v) is 9.28. The van der Waals surface area contributed by atoms with E-state index in [0.29, 0.717) is 11.3 Å². The number of hydrogen-bond acceptors (Lipinski definition) is 5. The van der Waals surface area contributed by atoms with Crippen LogP contribution < -0.4 is 10.1 Å². The molecule has 0 radical (unpaired) electrons. The Balaban J connectivity index is 1.48. The Labute approximate surface area is 202 Å². The van der Waals surface area contributed by atoms with Crippen LogP contribution in [0.3, 0.4) is 0 Å². The van der Waals surface area contributed by atoms with Gasteiger partial charge in [0.05, 0.1) is 24.1 Å². The van der Waals surface area contributed by atoms with Crippen molar-refractivity contribution in [2.45, 2.75) is 21.6 Å². The van der Waals surface area contributed by atoms with Crippen LogP contribution in [-0.2, 0) is 25.2 Å². The molecule has 34 heavy (non-hydrogen) atoms. The molecule has 0 heterocycles. The van der Waals surface area contributed by atoms with Crippen molar-refractivity contribution in [1.29, 1.82) is 0 Å². The van der Waals surface area contributed by atoms with Crippen molar-refractivity contribution in [3.63, 3.8) is 0 Å². The number of carbonyl (C=O) groups excluding carboxylic acids is 2. The smallest absolute Gasteiger partial charge is 0.412 e. The molecule has 3 aromatic rings. The quantitative estimate of drug-likeness (QED) is 0.182. The number of esters is 1. The molecule has 0 fully saturated rings. The standard InChI is InChI=1S/C27H27NO5S/c1-21(2)26(29)32-20-19-31-18-17-28-27(30)33-22-13-15-25(16-14-22)34(23-9-5-3-6-10-23)24-11-7-4-8-12-24/h3-16H,1,17-20H2,2H3/p+1. The zero-order chi connectivity index (χ0) is 24.2. The molecular formula is C27H28NO5S+. The van der Waals surface area contributed by atoms with Crippen LogP contribution in [0.2, 0.25) is 0 Å². The molecule has 1 N–H and O–H groups in total. The summed E-state index contributed by atoms with van der Waals surface area (Å²) in [5.41, 5.74) is 0.341. The third-order valence-electron chi connectivity index (χ3n) is 4.55. The maximum absolute atomic E-state index is 12.1. The zero-order valence-electron chi connectivity index (χ0n) is 19.1. The number of rotatable bonds is 11. The highest BCUT2D eigenvalue weighted by Gasteiger charge is 2.28. The third-order valence-corrected chi connectivity index (χ3v) is 6.78. The average Bonchev–Trinajstić information content (AvgIpc) is 2.86. The molecule has 0 bridgehead atoms. The third kappa shape index (κ3) is 7.79. The SMILES string of the molecule is C=C(C)C(=O)OCCOCCNC(=O)Oc1ccc([S+](c2ccccc2)c2ccccc2)cc1. The summed E-state index contributed by atoms with van der Waals surface area (Å²) in [7, 11) is -0.259. The minimum absolute atomic E-state index is 0.135. The number of amides is 1. The van der Waals surface area contributed by atoms with Gasteiger partial charge in [-0.25, -0.2) is 9.59 Å². The first-order valence-electron chi connectivity index (χ1n) is 10.8. The van der Waals surface area contributed by atoms with Gasteiger partial charge in [0.25, 0.3) is 0 Å². The van der Waals surface area contributed by atoms with E-state index in [1.54, 1.807) is 19.1 Å². The van der Waals surface area contributed by atoms with Crippen LogP contribution in [0.25, 0.3) is 0 Å². The Morgan fingerprint density at radius 3 is 1.91 bits per heavy atom. The second kappa shape index (κ2) is 13.2. The van der Waals surface area contributed by atoms with Crippen LogP contribution in [0.5, 0.6) is 5.75 Å².